The maximum absolute atomic E-state index is 9.49. The Bertz CT molecular complexity index is 602. The minimum absolute atomic E-state index is 0.00429. The minimum atomic E-state index is 0.00429. The second-order valence-electron chi connectivity index (χ2n) is 5.45. The number of allylic oxidation sites excluding steroid dienone is 1. The van der Waals surface area contributed by atoms with E-state index in [4.69, 9.17) is 0 Å². The third-order valence-electron chi connectivity index (χ3n) is 4.23. The zero-order valence-corrected chi connectivity index (χ0v) is 11.7. The highest BCUT2D eigenvalue weighted by molar-refractivity contribution is 5.54. The van der Waals surface area contributed by atoms with Crippen molar-refractivity contribution in [1.82, 2.24) is 9.78 Å². The number of aromatic nitrogens is 2. The van der Waals surface area contributed by atoms with Gasteiger partial charge in [-0.05, 0) is 24.8 Å². The third kappa shape index (κ3) is 2.29. The Labute approximate surface area is 119 Å². The quantitative estimate of drug-likeness (QED) is 0.905. The number of aliphatic hydroxyl groups excluding tert-OH is 1. The number of aryl methyl sites for hydroxylation is 1. The van der Waals surface area contributed by atoms with E-state index in [0.717, 1.165) is 18.5 Å². The number of rotatable bonds is 5. The van der Waals surface area contributed by atoms with E-state index in [2.05, 4.69) is 48.4 Å². The molecule has 1 aliphatic carbocycles. The number of aliphatic hydroxyl groups is 1. The lowest BCUT2D eigenvalue weighted by Crippen LogP contribution is -2.08. The molecule has 0 bridgehead atoms. The van der Waals surface area contributed by atoms with Crippen LogP contribution in [0.25, 0.3) is 6.08 Å². The highest BCUT2D eigenvalue weighted by Gasteiger charge is 2.52. The molecule has 0 saturated heterocycles. The molecule has 0 radical (unpaired) electrons. The van der Waals surface area contributed by atoms with Crippen LogP contribution in [0.2, 0.25) is 0 Å². The van der Waals surface area contributed by atoms with Crippen molar-refractivity contribution >= 4 is 6.08 Å². The van der Waals surface area contributed by atoms with Crippen molar-refractivity contribution in [2.45, 2.75) is 25.3 Å². The first-order valence-corrected chi connectivity index (χ1v) is 7.16. The number of hydrogen-bond acceptors (Lipinski definition) is 2. The first kappa shape index (κ1) is 13.1. The van der Waals surface area contributed by atoms with E-state index in [1.54, 1.807) is 0 Å². The smallest absolute Gasteiger partial charge is 0.0562 e. The molecule has 1 fully saturated rings. The van der Waals surface area contributed by atoms with E-state index in [-0.39, 0.29) is 12.0 Å². The normalized spacial score (nSPS) is 25.2. The van der Waals surface area contributed by atoms with Gasteiger partial charge < -0.3 is 5.11 Å². The Balaban J connectivity index is 1.86. The lowest BCUT2D eigenvalue weighted by molar-refractivity contribution is 0.268. The van der Waals surface area contributed by atoms with Crippen molar-refractivity contribution < 1.29 is 5.11 Å². The molecule has 3 heteroatoms. The monoisotopic (exact) mass is 268 g/mol. The summed E-state index contributed by atoms with van der Waals surface area (Å²) in [4.78, 5) is 0. The van der Waals surface area contributed by atoms with Crippen LogP contribution in [0.4, 0.5) is 0 Å². The molecule has 2 atom stereocenters. The van der Waals surface area contributed by atoms with E-state index in [9.17, 15) is 5.11 Å². The molecule has 20 heavy (non-hydrogen) atoms. The molecule has 1 heterocycles. The Morgan fingerprint density at radius 1 is 1.40 bits per heavy atom. The van der Waals surface area contributed by atoms with Crippen molar-refractivity contribution in [3.8, 4) is 0 Å². The first-order valence-electron chi connectivity index (χ1n) is 7.16. The van der Waals surface area contributed by atoms with Crippen molar-refractivity contribution in [3.05, 3.63) is 59.9 Å². The summed E-state index contributed by atoms with van der Waals surface area (Å²) in [5, 5.41) is 13.8. The summed E-state index contributed by atoms with van der Waals surface area (Å²) in [5.74, 6) is 0.336. The van der Waals surface area contributed by atoms with Gasteiger partial charge in [-0.25, -0.2) is 0 Å². The Kier molecular flexibility index (Phi) is 3.45. The molecular weight excluding hydrogens is 248 g/mol. The third-order valence-corrected chi connectivity index (χ3v) is 4.23. The first-order chi connectivity index (χ1) is 9.78. The van der Waals surface area contributed by atoms with Gasteiger partial charge in [0.15, 0.2) is 0 Å². The number of benzene rings is 1. The zero-order valence-electron chi connectivity index (χ0n) is 11.7. The predicted molar refractivity (Wildman–Crippen MR) is 80.2 cm³/mol. The highest BCUT2D eigenvalue weighted by Crippen LogP contribution is 2.55. The van der Waals surface area contributed by atoms with Crippen LogP contribution in [0.5, 0.6) is 0 Å². The topological polar surface area (TPSA) is 38.0 Å². The van der Waals surface area contributed by atoms with E-state index in [1.807, 2.05) is 23.1 Å². The molecule has 1 aromatic heterocycles. The zero-order chi connectivity index (χ0) is 14.0. The fourth-order valence-corrected chi connectivity index (χ4v) is 2.86. The molecule has 0 aliphatic heterocycles. The van der Waals surface area contributed by atoms with Crippen LogP contribution in [0, 0.1) is 5.92 Å². The van der Waals surface area contributed by atoms with Crippen LogP contribution in [0.3, 0.4) is 0 Å². The van der Waals surface area contributed by atoms with Crippen molar-refractivity contribution in [2.24, 2.45) is 5.92 Å². The summed E-state index contributed by atoms with van der Waals surface area (Å²) in [6, 6.07) is 10.5. The fourth-order valence-electron chi connectivity index (χ4n) is 2.86. The van der Waals surface area contributed by atoms with Gasteiger partial charge in [0.2, 0.25) is 0 Å². The van der Waals surface area contributed by atoms with Gasteiger partial charge in [-0.1, -0.05) is 42.5 Å². The lowest BCUT2D eigenvalue weighted by atomic mass is 9.92. The number of hydrogen-bond donors (Lipinski definition) is 1. The molecule has 3 rings (SSSR count). The van der Waals surface area contributed by atoms with Gasteiger partial charge >= 0.3 is 0 Å². The summed E-state index contributed by atoms with van der Waals surface area (Å²) in [6.45, 7) is 3.21. The summed E-state index contributed by atoms with van der Waals surface area (Å²) in [6.07, 6.45) is 9.31. The summed E-state index contributed by atoms with van der Waals surface area (Å²) < 4.78 is 1.92. The molecule has 3 nitrogen and oxygen atoms in total. The fraction of sp³-hybridized carbons (Fsp3) is 0.353. The van der Waals surface area contributed by atoms with Crippen LogP contribution in [-0.4, -0.2) is 21.5 Å². The molecule has 1 aliphatic rings. The second-order valence-corrected chi connectivity index (χ2v) is 5.45. The summed E-state index contributed by atoms with van der Waals surface area (Å²) in [5.41, 5.74) is 2.41. The maximum Gasteiger partial charge on any atom is 0.0562 e. The Hall–Kier alpha value is -1.87. The van der Waals surface area contributed by atoms with E-state index in [1.165, 1.54) is 5.56 Å². The van der Waals surface area contributed by atoms with E-state index < -0.39 is 0 Å². The molecule has 1 saturated carbocycles. The summed E-state index contributed by atoms with van der Waals surface area (Å²) >= 11 is 0. The predicted octanol–water partition coefficient (Wildman–Crippen LogP) is 2.87. The van der Waals surface area contributed by atoms with Gasteiger partial charge in [-0.3, -0.25) is 4.68 Å². The van der Waals surface area contributed by atoms with E-state index >= 15 is 0 Å². The molecule has 104 valence electrons. The molecule has 1 aromatic carbocycles. The van der Waals surface area contributed by atoms with Gasteiger partial charge in [-0.15, -0.1) is 0 Å². The minimum Gasteiger partial charge on any atom is -0.396 e. The largest absolute Gasteiger partial charge is 0.396 e. The van der Waals surface area contributed by atoms with Crippen molar-refractivity contribution in [3.63, 3.8) is 0 Å². The average molecular weight is 268 g/mol. The second kappa shape index (κ2) is 5.25. The number of nitrogens with zero attached hydrogens (tertiary/aromatic N) is 2. The summed E-state index contributed by atoms with van der Waals surface area (Å²) in [7, 11) is 0. The Morgan fingerprint density at radius 2 is 2.20 bits per heavy atom. The van der Waals surface area contributed by atoms with Crippen LogP contribution >= 0.6 is 0 Å². The standard InChI is InChI=1S/C17H20N2O/c1-2-19-12-14(11-18-19)8-9-17(10-16(17)13-20)15-6-4-3-5-7-15/h3-9,11-12,16,20H,2,10,13H2,1H3/b9-8+. The average Bonchev–Trinajstić information content (AvgIpc) is 3.05. The Morgan fingerprint density at radius 3 is 2.80 bits per heavy atom. The van der Waals surface area contributed by atoms with Gasteiger partial charge in [0, 0.05) is 30.3 Å². The molecular formula is C17H20N2O. The molecule has 1 N–H and O–H groups in total. The van der Waals surface area contributed by atoms with Gasteiger partial charge in [0.25, 0.3) is 0 Å². The van der Waals surface area contributed by atoms with Crippen LogP contribution in [0.1, 0.15) is 24.5 Å². The molecule has 0 spiro atoms. The van der Waals surface area contributed by atoms with E-state index in [0.29, 0.717) is 5.92 Å². The van der Waals surface area contributed by atoms with Crippen LogP contribution < -0.4 is 0 Å². The van der Waals surface area contributed by atoms with Gasteiger partial charge in [0.05, 0.1) is 6.20 Å². The van der Waals surface area contributed by atoms with Crippen molar-refractivity contribution in [2.75, 3.05) is 6.61 Å². The highest BCUT2D eigenvalue weighted by atomic mass is 16.3. The van der Waals surface area contributed by atoms with Crippen LogP contribution in [0.15, 0.2) is 48.8 Å². The maximum atomic E-state index is 9.49. The molecule has 0 amide bonds. The van der Waals surface area contributed by atoms with Crippen LogP contribution in [-0.2, 0) is 12.0 Å². The SMILES string of the molecule is CCn1cc(/C=C/C2(c3ccccc3)CC2CO)cn1. The molecule has 2 unspecified atom stereocenters. The lowest BCUT2D eigenvalue weighted by Gasteiger charge is -2.12. The molecule has 2 aromatic rings. The van der Waals surface area contributed by atoms with Crippen molar-refractivity contribution in [1.29, 1.82) is 0 Å². The van der Waals surface area contributed by atoms with Gasteiger partial charge in [-0.2, -0.15) is 5.10 Å². The van der Waals surface area contributed by atoms with Gasteiger partial charge in [0.1, 0.15) is 0 Å².